The summed E-state index contributed by atoms with van der Waals surface area (Å²) in [5, 5.41) is 0. The zero-order valence-electron chi connectivity index (χ0n) is 10.0. The Hall–Kier alpha value is -0.860. The predicted octanol–water partition coefficient (Wildman–Crippen LogP) is 2.39. The summed E-state index contributed by atoms with van der Waals surface area (Å²) in [5.41, 5.74) is 2.91. The second-order valence-electron chi connectivity index (χ2n) is 5.19. The summed E-state index contributed by atoms with van der Waals surface area (Å²) in [6.07, 6.45) is 4.31. The molecular weight excluding hydrogens is 198 g/mol. The molecule has 16 heavy (non-hydrogen) atoms. The lowest BCUT2D eigenvalue weighted by Crippen LogP contribution is -2.44. The standard InChI is InChI=1S/C14H19NO/c1-15(2)13-8-7-11-9-10-5-3-4-6-12(10)14(13)16-11/h3-6,11,13-14H,7-9H2,1-2H3/t11-,13-,14-/m0/s1. The van der Waals surface area contributed by atoms with Crippen LogP contribution in [0.4, 0.5) is 0 Å². The van der Waals surface area contributed by atoms with E-state index < -0.39 is 0 Å². The van der Waals surface area contributed by atoms with Crippen molar-refractivity contribution in [1.29, 1.82) is 0 Å². The highest BCUT2D eigenvalue weighted by Crippen LogP contribution is 2.40. The van der Waals surface area contributed by atoms with Gasteiger partial charge in [0.15, 0.2) is 0 Å². The van der Waals surface area contributed by atoms with Gasteiger partial charge in [0.1, 0.15) is 0 Å². The van der Waals surface area contributed by atoms with Crippen LogP contribution in [0.5, 0.6) is 0 Å². The first-order valence-corrected chi connectivity index (χ1v) is 6.15. The molecule has 2 bridgehead atoms. The largest absolute Gasteiger partial charge is 0.368 e. The molecular formula is C14H19NO. The van der Waals surface area contributed by atoms with E-state index in [-0.39, 0.29) is 0 Å². The number of rotatable bonds is 1. The lowest BCUT2D eigenvalue weighted by Gasteiger charge is -2.44. The third-order valence-corrected chi connectivity index (χ3v) is 3.95. The van der Waals surface area contributed by atoms with Crippen molar-refractivity contribution in [3.63, 3.8) is 0 Å². The van der Waals surface area contributed by atoms with Crippen molar-refractivity contribution in [3.05, 3.63) is 35.4 Å². The maximum atomic E-state index is 6.18. The molecule has 0 N–H and O–H groups in total. The molecule has 0 spiro atoms. The van der Waals surface area contributed by atoms with Gasteiger partial charge in [-0.15, -0.1) is 0 Å². The Morgan fingerprint density at radius 2 is 2.00 bits per heavy atom. The van der Waals surface area contributed by atoms with Crippen molar-refractivity contribution >= 4 is 0 Å². The van der Waals surface area contributed by atoms with E-state index in [0.29, 0.717) is 18.2 Å². The molecule has 1 aromatic carbocycles. The fourth-order valence-corrected chi connectivity index (χ4v) is 3.08. The zero-order valence-corrected chi connectivity index (χ0v) is 10.0. The molecule has 0 amide bonds. The third kappa shape index (κ3) is 1.57. The highest BCUT2D eigenvalue weighted by molar-refractivity contribution is 5.33. The summed E-state index contributed by atoms with van der Waals surface area (Å²) in [6.45, 7) is 0. The van der Waals surface area contributed by atoms with Gasteiger partial charge >= 0.3 is 0 Å². The van der Waals surface area contributed by atoms with Gasteiger partial charge in [-0.2, -0.15) is 0 Å². The molecule has 1 fully saturated rings. The molecule has 3 rings (SSSR count). The van der Waals surface area contributed by atoms with Gasteiger partial charge in [0, 0.05) is 6.04 Å². The van der Waals surface area contributed by atoms with Crippen LogP contribution >= 0.6 is 0 Å². The minimum atomic E-state index is 0.290. The number of likely N-dealkylation sites (N-methyl/N-ethyl adjacent to an activating group) is 1. The molecule has 2 heteroatoms. The Labute approximate surface area is 97.2 Å². The summed E-state index contributed by atoms with van der Waals surface area (Å²) in [5.74, 6) is 0. The molecule has 3 atom stereocenters. The van der Waals surface area contributed by atoms with E-state index in [0.717, 1.165) is 6.42 Å². The second kappa shape index (κ2) is 3.86. The van der Waals surface area contributed by atoms with Crippen LogP contribution in [0.25, 0.3) is 0 Å². The molecule has 0 saturated carbocycles. The van der Waals surface area contributed by atoms with Crippen molar-refractivity contribution in [2.45, 2.75) is 37.5 Å². The average Bonchev–Trinajstić information content (AvgIpc) is 2.29. The molecule has 0 radical (unpaired) electrons. The van der Waals surface area contributed by atoms with Crippen LogP contribution in [0.3, 0.4) is 0 Å². The van der Waals surface area contributed by atoms with Gasteiger partial charge < -0.3 is 9.64 Å². The molecule has 2 nitrogen and oxygen atoms in total. The van der Waals surface area contributed by atoms with Crippen LogP contribution in [0, 0.1) is 0 Å². The van der Waals surface area contributed by atoms with Crippen LogP contribution in [0.15, 0.2) is 24.3 Å². The first kappa shape index (κ1) is 10.3. The fraction of sp³-hybridized carbons (Fsp3) is 0.571. The van der Waals surface area contributed by atoms with Crippen LogP contribution in [-0.2, 0) is 11.2 Å². The van der Waals surface area contributed by atoms with Crippen LogP contribution in [0.2, 0.25) is 0 Å². The van der Waals surface area contributed by atoms with Gasteiger partial charge in [0.2, 0.25) is 0 Å². The maximum absolute atomic E-state index is 6.18. The monoisotopic (exact) mass is 217 g/mol. The van der Waals surface area contributed by atoms with Crippen molar-refractivity contribution in [2.75, 3.05) is 14.1 Å². The van der Waals surface area contributed by atoms with Gasteiger partial charge in [0.25, 0.3) is 0 Å². The van der Waals surface area contributed by atoms with Crippen molar-refractivity contribution in [3.8, 4) is 0 Å². The van der Waals surface area contributed by atoms with Gasteiger partial charge in [-0.05, 0) is 44.5 Å². The molecule has 0 unspecified atom stereocenters. The van der Waals surface area contributed by atoms with Crippen LogP contribution < -0.4 is 0 Å². The number of hydrogen-bond donors (Lipinski definition) is 0. The zero-order chi connectivity index (χ0) is 11.1. The number of benzene rings is 1. The van der Waals surface area contributed by atoms with E-state index in [9.17, 15) is 0 Å². The molecule has 86 valence electrons. The molecule has 1 saturated heterocycles. The highest BCUT2D eigenvalue weighted by Gasteiger charge is 2.38. The number of fused-ring (bicyclic) bond motifs is 4. The quantitative estimate of drug-likeness (QED) is 0.716. The topological polar surface area (TPSA) is 12.5 Å². The minimum Gasteiger partial charge on any atom is -0.368 e. The average molecular weight is 217 g/mol. The first-order valence-electron chi connectivity index (χ1n) is 6.15. The van der Waals surface area contributed by atoms with E-state index in [2.05, 4.69) is 43.3 Å². The lowest BCUT2D eigenvalue weighted by atomic mass is 9.83. The Bertz CT molecular complexity index is 388. The maximum Gasteiger partial charge on any atom is 0.0986 e. The Morgan fingerprint density at radius 3 is 2.81 bits per heavy atom. The molecule has 2 aliphatic heterocycles. The van der Waals surface area contributed by atoms with Gasteiger partial charge in [-0.25, -0.2) is 0 Å². The van der Waals surface area contributed by atoms with E-state index >= 15 is 0 Å². The fourth-order valence-electron chi connectivity index (χ4n) is 3.08. The Morgan fingerprint density at radius 1 is 1.19 bits per heavy atom. The van der Waals surface area contributed by atoms with Crippen LogP contribution in [0.1, 0.15) is 30.1 Å². The number of ether oxygens (including phenoxy) is 1. The number of nitrogens with zero attached hydrogens (tertiary/aromatic N) is 1. The summed E-state index contributed by atoms with van der Waals surface area (Å²) < 4.78 is 6.18. The Kier molecular flexibility index (Phi) is 2.49. The van der Waals surface area contributed by atoms with Crippen molar-refractivity contribution < 1.29 is 4.74 Å². The molecule has 2 aliphatic rings. The van der Waals surface area contributed by atoms with E-state index in [4.69, 9.17) is 4.74 Å². The number of hydrogen-bond acceptors (Lipinski definition) is 2. The van der Waals surface area contributed by atoms with Gasteiger partial charge in [-0.1, -0.05) is 24.3 Å². The van der Waals surface area contributed by atoms with Gasteiger partial charge in [0.05, 0.1) is 12.2 Å². The second-order valence-corrected chi connectivity index (χ2v) is 5.19. The predicted molar refractivity (Wildman–Crippen MR) is 64.5 cm³/mol. The highest BCUT2D eigenvalue weighted by atomic mass is 16.5. The summed E-state index contributed by atoms with van der Waals surface area (Å²) in [7, 11) is 4.32. The summed E-state index contributed by atoms with van der Waals surface area (Å²) in [6, 6.07) is 9.31. The normalized spacial score (nSPS) is 32.6. The summed E-state index contributed by atoms with van der Waals surface area (Å²) >= 11 is 0. The lowest BCUT2D eigenvalue weighted by molar-refractivity contribution is -0.101. The summed E-state index contributed by atoms with van der Waals surface area (Å²) in [4.78, 5) is 2.31. The SMILES string of the molecule is CN(C)[C@H]1CC[C@H]2Cc3ccccc3[C@@H]1O2. The molecule has 0 aromatic heterocycles. The molecule has 1 aromatic rings. The van der Waals surface area contributed by atoms with Crippen molar-refractivity contribution in [2.24, 2.45) is 0 Å². The van der Waals surface area contributed by atoms with Crippen molar-refractivity contribution in [1.82, 2.24) is 4.90 Å². The smallest absolute Gasteiger partial charge is 0.0986 e. The van der Waals surface area contributed by atoms with E-state index in [1.807, 2.05) is 0 Å². The minimum absolute atomic E-state index is 0.290. The van der Waals surface area contributed by atoms with E-state index in [1.165, 1.54) is 24.0 Å². The van der Waals surface area contributed by atoms with E-state index in [1.54, 1.807) is 0 Å². The first-order chi connectivity index (χ1) is 7.75. The van der Waals surface area contributed by atoms with Crippen LogP contribution in [-0.4, -0.2) is 31.1 Å². The van der Waals surface area contributed by atoms with Gasteiger partial charge in [-0.3, -0.25) is 0 Å². The third-order valence-electron chi connectivity index (χ3n) is 3.95. The molecule has 0 aliphatic carbocycles. The molecule has 2 heterocycles. The Balaban J connectivity index is 2.00.